The molecule has 1 amide bonds. The van der Waals surface area contributed by atoms with Crippen LogP contribution in [0.5, 0.6) is 5.75 Å². The second-order valence-corrected chi connectivity index (χ2v) is 5.56. The van der Waals surface area contributed by atoms with Crippen LogP contribution in [0.1, 0.15) is 36.5 Å². The lowest BCUT2D eigenvalue weighted by Gasteiger charge is -2.33. The molecule has 1 aliphatic heterocycles. The molecule has 3 nitrogen and oxygen atoms in total. The maximum Gasteiger partial charge on any atom is 0.257 e. The summed E-state index contributed by atoms with van der Waals surface area (Å²) in [4.78, 5) is 14.5. The third-order valence-corrected chi connectivity index (χ3v) is 4.16. The largest absolute Gasteiger partial charge is 0.507 e. The van der Waals surface area contributed by atoms with Gasteiger partial charge in [-0.1, -0.05) is 24.3 Å². The minimum absolute atomic E-state index is 0.0551. The van der Waals surface area contributed by atoms with E-state index in [0.717, 1.165) is 30.2 Å². The van der Waals surface area contributed by atoms with Gasteiger partial charge >= 0.3 is 0 Å². The molecule has 3 heteroatoms. The Morgan fingerprint density at radius 1 is 1.20 bits per heavy atom. The van der Waals surface area contributed by atoms with Crippen LogP contribution in [0.4, 0.5) is 0 Å². The van der Waals surface area contributed by atoms with Crippen molar-refractivity contribution in [3.05, 3.63) is 42.0 Å². The number of carbonyl (C=O) groups is 1. The molecular weight excluding hydrogens is 250 g/mol. The number of amides is 1. The molecule has 1 atom stereocenters. The number of likely N-dealkylation sites (tertiary alicyclic amines) is 1. The van der Waals surface area contributed by atoms with Gasteiger partial charge in [0, 0.05) is 12.6 Å². The van der Waals surface area contributed by atoms with Crippen molar-refractivity contribution in [1.82, 2.24) is 4.90 Å². The zero-order chi connectivity index (χ0) is 14.1. The van der Waals surface area contributed by atoms with Crippen molar-refractivity contribution in [3.63, 3.8) is 0 Å². The maximum absolute atomic E-state index is 12.6. The predicted molar refractivity (Wildman–Crippen MR) is 80.0 cm³/mol. The number of benzene rings is 2. The van der Waals surface area contributed by atoms with Crippen molar-refractivity contribution in [1.29, 1.82) is 0 Å². The average molecular weight is 269 g/mol. The van der Waals surface area contributed by atoms with E-state index in [1.165, 1.54) is 6.42 Å². The van der Waals surface area contributed by atoms with Crippen LogP contribution in [-0.4, -0.2) is 28.5 Å². The highest BCUT2D eigenvalue weighted by Crippen LogP contribution is 2.28. The van der Waals surface area contributed by atoms with Gasteiger partial charge in [0.2, 0.25) is 0 Å². The summed E-state index contributed by atoms with van der Waals surface area (Å²) in [6.45, 7) is 2.86. The van der Waals surface area contributed by atoms with Gasteiger partial charge in [0.15, 0.2) is 0 Å². The smallest absolute Gasteiger partial charge is 0.257 e. The average Bonchev–Trinajstić information content (AvgIpc) is 2.46. The van der Waals surface area contributed by atoms with Crippen LogP contribution in [0, 0.1) is 0 Å². The van der Waals surface area contributed by atoms with Gasteiger partial charge in [-0.3, -0.25) is 4.79 Å². The van der Waals surface area contributed by atoms with Crippen LogP contribution in [0.25, 0.3) is 10.8 Å². The molecule has 1 fully saturated rings. The van der Waals surface area contributed by atoms with Gasteiger partial charge in [0.25, 0.3) is 5.91 Å². The van der Waals surface area contributed by atoms with E-state index in [4.69, 9.17) is 0 Å². The summed E-state index contributed by atoms with van der Waals surface area (Å²) in [7, 11) is 0. The molecular formula is C17H19NO2. The molecule has 0 aliphatic carbocycles. The lowest BCUT2D eigenvalue weighted by atomic mass is 10.0. The minimum atomic E-state index is -0.0551. The number of fused-ring (bicyclic) bond motifs is 1. The number of rotatable bonds is 1. The van der Waals surface area contributed by atoms with Crippen molar-refractivity contribution < 1.29 is 9.90 Å². The first-order valence-electron chi connectivity index (χ1n) is 7.19. The highest BCUT2D eigenvalue weighted by molar-refractivity contribution is 6.01. The van der Waals surface area contributed by atoms with E-state index in [9.17, 15) is 9.90 Å². The molecule has 104 valence electrons. The zero-order valence-electron chi connectivity index (χ0n) is 11.7. The number of carbonyl (C=O) groups excluding carboxylic acids is 1. The van der Waals surface area contributed by atoms with Crippen LogP contribution >= 0.6 is 0 Å². The van der Waals surface area contributed by atoms with Gasteiger partial charge in [0.05, 0.1) is 5.56 Å². The first kappa shape index (κ1) is 13.0. The fourth-order valence-corrected chi connectivity index (χ4v) is 2.95. The molecule has 0 spiro atoms. The number of hydrogen-bond acceptors (Lipinski definition) is 2. The van der Waals surface area contributed by atoms with E-state index >= 15 is 0 Å². The Morgan fingerprint density at radius 3 is 2.60 bits per heavy atom. The molecule has 20 heavy (non-hydrogen) atoms. The van der Waals surface area contributed by atoms with Gasteiger partial charge in [0.1, 0.15) is 5.75 Å². The van der Waals surface area contributed by atoms with Crippen molar-refractivity contribution in [2.75, 3.05) is 6.54 Å². The first-order valence-corrected chi connectivity index (χ1v) is 7.19. The van der Waals surface area contributed by atoms with E-state index in [-0.39, 0.29) is 17.7 Å². The molecule has 2 aromatic carbocycles. The Hall–Kier alpha value is -2.03. The molecule has 0 bridgehead atoms. The molecule has 0 saturated carbocycles. The summed E-state index contributed by atoms with van der Waals surface area (Å²) in [6, 6.07) is 11.5. The van der Waals surface area contributed by atoms with Crippen LogP contribution in [0.15, 0.2) is 36.4 Å². The van der Waals surface area contributed by atoms with E-state index in [1.54, 1.807) is 12.1 Å². The second kappa shape index (κ2) is 5.16. The monoisotopic (exact) mass is 269 g/mol. The first-order chi connectivity index (χ1) is 9.66. The molecule has 3 rings (SSSR count). The number of hydrogen-bond donors (Lipinski definition) is 1. The predicted octanol–water partition coefficient (Wildman–Crippen LogP) is 3.56. The summed E-state index contributed by atoms with van der Waals surface area (Å²) in [5, 5.41) is 12.1. The minimum Gasteiger partial charge on any atom is -0.507 e. The number of phenols is 1. The number of phenolic OH excluding ortho intramolecular Hbond substituents is 1. The van der Waals surface area contributed by atoms with Gasteiger partial charge in [-0.25, -0.2) is 0 Å². The second-order valence-electron chi connectivity index (χ2n) is 5.56. The number of aromatic hydroxyl groups is 1. The zero-order valence-corrected chi connectivity index (χ0v) is 11.7. The fraction of sp³-hybridized carbons (Fsp3) is 0.353. The molecule has 0 radical (unpaired) electrons. The van der Waals surface area contributed by atoms with Gasteiger partial charge < -0.3 is 10.0 Å². The lowest BCUT2D eigenvalue weighted by Crippen LogP contribution is -2.42. The van der Waals surface area contributed by atoms with Gasteiger partial charge in [-0.05, 0) is 49.1 Å². The molecule has 0 aromatic heterocycles. The topological polar surface area (TPSA) is 40.5 Å². The Kier molecular flexibility index (Phi) is 3.35. The number of piperidine rings is 1. The molecule has 1 heterocycles. The molecule has 0 unspecified atom stereocenters. The van der Waals surface area contributed by atoms with E-state index in [0.29, 0.717) is 5.56 Å². The summed E-state index contributed by atoms with van der Waals surface area (Å²) in [6.07, 6.45) is 3.26. The quantitative estimate of drug-likeness (QED) is 0.860. The number of nitrogens with zero attached hydrogens (tertiary/aromatic N) is 1. The Bertz CT molecular complexity index is 650. The van der Waals surface area contributed by atoms with Crippen LogP contribution < -0.4 is 0 Å². The van der Waals surface area contributed by atoms with Crippen molar-refractivity contribution in [2.45, 2.75) is 32.2 Å². The summed E-state index contributed by atoms with van der Waals surface area (Å²) in [5.74, 6) is 0.0203. The van der Waals surface area contributed by atoms with E-state index in [1.807, 2.05) is 29.2 Å². The lowest BCUT2D eigenvalue weighted by molar-refractivity contribution is 0.0633. The molecule has 2 aromatic rings. The highest BCUT2D eigenvalue weighted by atomic mass is 16.3. The van der Waals surface area contributed by atoms with Crippen molar-refractivity contribution in [3.8, 4) is 5.75 Å². The van der Waals surface area contributed by atoms with E-state index < -0.39 is 0 Å². The standard InChI is InChI=1S/C17H19NO2/c1-12-6-4-5-9-18(12)17(20)15-10-13-7-2-3-8-14(13)11-16(15)19/h2-3,7-8,10-12,19H,4-6,9H2,1H3/t12-/m0/s1. The maximum atomic E-state index is 12.6. The molecule has 1 aliphatic rings. The summed E-state index contributed by atoms with van der Waals surface area (Å²) in [5.41, 5.74) is 0.414. The van der Waals surface area contributed by atoms with Crippen molar-refractivity contribution >= 4 is 16.7 Å². The Balaban J connectivity index is 2.00. The Morgan fingerprint density at radius 2 is 1.90 bits per heavy atom. The molecule has 1 N–H and O–H groups in total. The van der Waals surface area contributed by atoms with E-state index in [2.05, 4.69) is 6.92 Å². The van der Waals surface area contributed by atoms with Gasteiger partial charge in [-0.15, -0.1) is 0 Å². The Labute approximate surface area is 118 Å². The summed E-state index contributed by atoms with van der Waals surface area (Å²) < 4.78 is 0. The van der Waals surface area contributed by atoms with Crippen LogP contribution in [0.3, 0.4) is 0 Å². The normalized spacial score (nSPS) is 19.2. The summed E-state index contributed by atoms with van der Waals surface area (Å²) >= 11 is 0. The third kappa shape index (κ3) is 2.24. The van der Waals surface area contributed by atoms with Crippen LogP contribution in [-0.2, 0) is 0 Å². The fourth-order valence-electron chi connectivity index (χ4n) is 2.95. The van der Waals surface area contributed by atoms with Crippen molar-refractivity contribution in [2.24, 2.45) is 0 Å². The van der Waals surface area contributed by atoms with Crippen LogP contribution in [0.2, 0.25) is 0 Å². The SMILES string of the molecule is C[C@H]1CCCCN1C(=O)c1cc2ccccc2cc1O. The highest BCUT2D eigenvalue weighted by Gasteiger charge is 2.26. The third-order valence-electron chi connectivity index (χ3n) is 4.16. The molecule has 1 saturated heterocycles. The van der Waals surface area contributed by atoms with Gasteiger partial charge in [-0.2, -0.15) is 0 Å².